The van der Waals surface area contributed by atoms with Crippen LogP contribution in [0.2, 0.25) is 0 Å². The van der Waals surface area contributed by atoms with Crippen molar-refractivity contribution in [3.8, 4) is 5.75 Å². The maximum Gasteiger partial charge on any atom is 0.750 e. The number of rotatable bonds is 9. The fourth-order valence-electron chi connectivity index (χ4n) is 2.97. The predicted octanol–water partition coefficient (Wildman–Crippen LogP) is 4.94. The van der Waals surface area contributed by atoms with Crippen LogP contribution in [-0.2, 0) is 26.8 Å². The van der Waals surface area contributed by atoms with Crippen molar-refractivity contribution in [3.63, 3.8) is 0 Å². The van der Waals surface area contributed by atoms with Gasteiger partial charge in [-0.05, 0) is 46.1 Å². The Labute approximate surface area is 172 Å². The van der Waals surface area contributed by atoms with Crippen molar-refractivity contribution < 1.29 is 18.4 Å². The lowest BCUT2D eigenvalue weighted by Gasteiger charge is -2.08. The smallest absolute Gasteiger partial charge is 0.369 e. The standard InChI is InChI=1S/C20H20BrN2O4P/c1-2-10-26-28(25)27-15-8-9-18-16(11-15)17(12-19(22)24)20(21)23(18)13-14-6-4-3-5-7-14/h3-9,11H,2,10,12-13H2,1H3,(H-,22,24)/p+1. The summed E-state index contributed by atoms with van der Waals surface area (Å²) in [5.41, 5.74) is 8.27. The summed E-state index contributed by atoms with van der Waals surface area (Å²) in [7, 11) is -2.25. The van der Waals surface area contributed by atoms with Gasteiger partial charge in [0, 0.05) is 27.6 Å². The molecule has 1 amide bonds. The average Bonchev–Trinajstić information content (AvgIpc) is 2.92. The van der Waals surface area contributed by atoms with E-state index in [1.165, 1.54) is 0 Å². The summed E-state index contributed by atoms with van der Waals surface area (Å²) >= 11 is 3.62. The average molecular weight is 464 g/mol. The largest absolute Gasteiger partial charge is 0.750 e. The molecule has 0 bridgehead atoms. The number of benzene rings is 2. The summed E-state index contributed by atoms with van der Waals surface area (Å²) < 4.78 is 25.3. The highest BCUT2D eigenvalue weighted by Crippen LogP contribution is 2.36. The normalized spacial score (nSPS) is 11.6. The minimum atomic E-state index is -2.25. The molecule has 2 N–H and O–H groups in total. The molecule has 6 nitrogen and oxygen atoms in total. The van der Waals surface area contributed by atoms with Gasteiger partial charge in [0.15, 0.2) is 5.75 Å². The highest BCUT2D eigenvalue weighted by molar-refractivity contribution is 9.10. The van der Waals surface area contributed by atoms with Crippen molar-refractivity contribution in [2.75, 3.05) is 6.61 Å². The Bertz CT molecular complexity index is 1000. The van der Waals surface area contributed by atoms with Gasteiger partial charge in [-0.15, -0.1) is 4.52 Å². The highest BCUT2D eigenvalue weighted by Gasteiger charge is 2.24. The van der Waals surface area contributed by atoms with Gasteiger partial charge < -0.3 is 10.3 Å². The second-order valence-electron chi connectivity index (χ2n) is 6.31. The third-order valence-corrected chi connectivity index (χ3v) is 5.85. The van der Waals surface area contributed by atoms with E-state index in [4.69, 9.17) is 14.8 Å². The number of aromatic nitrogens is 1. The van der Waals surface area contributed by atoms with Crippen molar-refractivity contribution in [1.29, 1.82) is 0 Å². The number of primary amides is 1. The van der Waals surface area contributed by atoms with Gasteiger partial charge in [-0.3, -0.25) is 4.79 Å². The van der Waals surface area contributed by atoms with Crippen LogP contribution in [0, 0.1) is 0 Å². The minimum absolute atomic E-state index is 0.0841. The number of amides is 1. The summed E-state index contributed by atoms with van der Waals surface area (Å²) in [6, 6.07) is 15.4. The molecule has 0 aliphatic rings. The van der Waals surface area contributed by atoms with Gasteiger partial charge in [0.05, 0.1) is 11.0 Å². The molecule has 0 saturated heterocycles. The van der Waals surface area contributed by atoms with E-state index in [0.717, 1.165) is 33.1 Å². The molecule has 8 heteroatoms. The molecular formula is C20H21BrN2O4P+. The number of halogens is 1. The Morgan fingerprint density at radius 3 is 2.64 bits per heavy atom. The second kappa shape index (κ2) is 9.32. The minimum Gasteiger partial charge on any atom is -0.369 e. The predicted molar refractivity (Wildman–Crippen MR) is 113 cm³/mol. The van der Waals surface area contributed by atoms with E-state index in [0.29, 0.717) is 18.9 Å². The fraction of sp³-hybridized carbons (Fsp3) is 0.250. The molecule has 0 radical (unpaired) electrons. The number of fused-ring (bicyclic) bond motifs is 1. The number of hydrogen-bond acceptors (Lipinski definition) is 4. The van der Waals surface area contributed by atoms with Crippen LogP contribution in [0.3, 0.4) is 0 Å². The van der Waals surface area contributed by atoms with Crippen molar-refractivity contribution in [2.24, 2.45) is 5.73 Å². The Kier molecular flexibility index (Phi) is 6.83. The van der Waals surface area contributed by atoms with Crippen LogP contribution >= 0.6 is 24.2 Å². The lowest BCUT2D eigenvalue weighted by molar-refractivity contribution is -0.117. The van der Waals surface area contributed by atoms with Gasteiger partial charge in [0.25, 0.3) is 0 Å². The molecule has 146 valence electrons. The van der Waals surface area contributed by atoms with Crippen molar-refractivity contribution in [1.82, 2.24) is 4.57 Å². The molecule has 2 aromatic carbocycles. The molecule has 0 spiro atoms. The number of nitrogens with zero attached hydrogens (tertiary/aromatic N) is 1. The first kappa shape index (κ1) is 20.5. The SMILES string of the molecule is CCCO[P+](=O)Oc1ccc2c(c1)c(CC(N)=O)c(Br)n2Cc1ccccc1. The van der Waals surface area contributed by atoms with Crippen LogP contribution in [0.15, 0.2) is 53.1 Å². The van der Waals surface area contributed by atoms with E-state index in [-0.39, 0.29) is 6.42 Å². The number of nitrogens with two attached hydrogens (primary N) is 1. The van der Waals surface area contributed by atoms with Crippen molar-refractivity contribution in [3.05, 3.63) is 64.3 Å². The van der Waals surface area contributed by atoms with E-state index in [1.54, 1.807) is 12.1 Å². The van der Waals surface area contributed by atoms with E-state index in [9.17, 15) is 9.36 Å². The molecule has 1 heterocycles. The molecule has 28 heavy (non-hydrogen) atoms. The van der Waals surface area contributed by atoms with Crippen molar-refractivity contribution in [2.45, 2.75) is 26.3 Å². The maximum absolute atomic E-state index is 11.9. The van der Waals surface area contributed by atoms with E-state index in [2.05, 4.69) is 20.5 Å². The first-order valence-corrected chi connectivity index (χ1v) is 10.8. The van der Waals surface area contributed by atoms with E-state index >= 15 is 0 Å². The Hall–Kier alpha value is -2.21. The monoisotopic (exact) mass is 463 g/mol. The summed E-state index contributed by atoms with van der Waals surface area (Å²) in [4.78, 5) is 11.6. The molecule has 1 aromatic heterocycles. The summed E-state index contributed by atoms with van der Waals surface area (Å²) in [5, 5.41) is 0.818. The van der Waals surface area contributed by atoms with Gasteiger partial charge in [-0.25, -0.2) is 4.52 Å². The molecule has 1 unspecified atom stereocenters. The van der Waals surface area contributed by atoms with Crippen LogP contribution in [0.1, 0.15) is 24.5 Å². The first-order valence-electron chi connectivity index (χ1n) is 8.90. The lowest BCUT2D eigenvalue weighted by atomic mass is 10.1. The molecule has 3 aromatic rings. The number of carbonyl (C=O) groups is 1. The zero-order valence-corrected chi connectivity index (χ0v) is 17.9. The first-order chi connectivity index (χ1) is 13.5. The van der Waals surface area contributed by atoms with Gasteiger partial charge in [-0.1, -0.05) is 37.3 Å². The Morgan fingerprint density at radius 1 is 1.21 bits per heavy atom. The van der Waals surface area contributed by atoms with Gasteiger partial charge in [0.1, 0.15) is 6.61 Å². The molecule has 0 aliphatic carbocycles. The van der Waals surface area contributed by atoms with Gasteiger partial charge in [-0.2, -0.15) is 0 Å². The third kappa shape index (κ3) is 4.79. The number of hydrogen-bond donors (Lipinski definition) is 1. The zero-order valence-electron chi connectivity index (χ0n) is 15.4. The van der Waals surface area contributed by atoms with Crippen LogP contribution in [0.25, 0.3) is 10.9 Å². The van der Waals surface area contributed by atoms with Gasteiger partial charge >= 0.3 is 8.25 Å². The van der Waals surface area contributed by atoms with E-state index < -0.39 is 14.2 Å². The number of carbonyl (C=O) groups excluding carboxylic acids is 1. The van der Waals surface area contributed by atoms with Crippen LogP contribution in [-0.4, -0.2) is 17.1 Å². The molecule has 0 fully saturated rings. The van der Waals surface area contributed by atoms with Crippen molar-refractivity contribution >= 4 is 41.0 Å². The summed E-state index contributed by atoms with van der Waals surface area (Å²) in [5.74, 6) is -0.0112. The molecule has 3 rings (SSSR count). The molecule has 1 atom stereocenters. The third-order valence-electron chi connectivity index (χ3n) is 4.19. The maximum atomic E-state index is 11.9. The molecule has 0 aliphatic heterocycles. The zero-order chi connectivity index (χ0) is 20.1. The fourth-order valence-corrected chi connectivity index (χ4v) is 4.31. The van der Waals surface area contributed by atoms with Crippen LogP contribution in [0.4, 0.5) is 0 Å². The Morgan fingerprint density at radius 2 is 1.96 bits per heavy atom. The molecule has 0 saturated carbocycles. The van der Waals surface area contributed by atoms with Crippen LogP contribution < -0.4 is 10.3 Å². The second-order valence-corrected chi connectivity index (χ2v) is 7.95. The highest BCUT2D eigenvalue weighted by atomic mass is 79.9. The topological polar surface area (TPSA) is 83.6 Å². The van der Waals surface area contributed by atoms with Crippen LogP contribution in [0.5, 0.6) is 5.75 Å². The lowest BCUT2D eigenvalue weighted by Crippen LogP contribution is -2.14. The molecular weight excluding hydrogens is 443 g/mol. The van der Waals surface area contributed by atoms with Gasteiger partial charge in [0.2, 0.25) is 5.91 Å². The Balaban J connectivity index is 2.01. The summed E-state index contributed by atoms with van der Waals surface area (Å²) in [6.45, 7) is 2.92. The summed E-state index contributed by atoms with van der Waals surface area (Å²) in [6.07, 6.45) is 0.836. The van der Waals surface area contributed by atoms with E-state index in [1.807, 2.05) is 43.3 Å². The quantitative estimate of drug-likeness (QED) is 0.455.